The Morgan fingerprint density at radius 2 is 2.15 bits per heavy atom. The number of rotatable bonds is 5. The summed E-state index contributed by atoms with van der Waals surface area (Å²) in [6.07, 6.45) is 3.98. The maximum absolute atomic E-state index is 10.9. The van der Waals surface area contributed by atoms with Crippen LogP contribution < -0.4 is 5.73 Å². The molecule has 0 fully saturated rings. The van der Waals surface area contributed by atoms with E-state index in [0.29, 0.717) is 12.5 Å². The highest BCUT2D eigenvalue weighted by Gasteiger charge is 2.02. The summed E-state index contributed by atoms with van der Waals surface area (Å²) >= 11 is 0. The van der Waals surface area contributed by atoms with Crippen LogP contribution >= 0.6 is 0 Å². The molecule has 0 amide bonds. The van der Waals surface area contributed by atoms with E-state index in [-0.39, 0.29) is 12.0 Å². The molecular formula is C10H19NO2. The zero-order valence-electron chi connectivity index (χ0n) is 8.62. The molecule has 0 rings (SSSR count). The lowest BCUT2D eigenvalue weighted by Gasteiger charge is -2.08. The summed E-state index contributed by atoms with van der Waals surface area (Å²) in [5.41, 5.74) is 5.72. The largest absolute Gasteiger partial charge is 0.463 e. The van der Waals surface area contributed by atoms with Crippen molar-refractivity contribution in [3.8, 4) is 0 Å². The van der Waals surface area contributed by atoms with Gasteiger partial charge in [-0.3, -0.25) is 0 Å². The minimum atomic E-state index is -0.318. The molecule has 1 atom stereocenters. The summed E-state index contributed by atoms with van der Waals surface area (Å²) in [5.74, 6) is 0.226. The van der Waals surface area contributed by atoms with Crippen molar-refractivity contribution in [3.05, 3.63) is 12.2 Å². The fourth-order valence-corrected chi connectivity index (χ4v) is 1.02. The summed E-state index contributed by atoms with van der Waals surface area (Å²) < 4.78 is 4.72. The molecule has 0 aliphatic carbocycles. The number of carbonyl (C=O) groups is 1. The van der Waals surface area contributed by atoms with Crippen LogP contribution in [0.15, 0.2) is 12.2 Å². The van der Waals surface area contributed by atoms with Gasteiger partial charge in [-0.15, -0.1) is 0 Å². The minimum Gasteiger partial charge on any atom is -0.463 e. The summed E-state index contributed by atoms with van der Waals surface area (Å²) in [6.45, 7) is 6.37. The van der Waals surface area contributed by atoms with Gasteiger partial charge in [0.15, 0.2) is 0 Å². The van der Waals surface area contributed by atoms with Crippen LogP contribution in [0.5, 0.6) is 0 Å². The normalized spacial score (nSPS) is 13.6. The van der Waals surface area contributed by atoms with Gasteiger partial charge in [0.05, 0.1) is 6.61 Å². The topological polar surface area (TPSA) is 52.3 Å². The second kappa shape index (κ2) is 6.66. The molecule has 13 heavy (non-hydrogen) atoms. The van der Waals surface area contributed by atoms with E-state index in [1.165, 1.54) is 6.08 Å². The van der Waals surface area contributed by atoms with Gasteiger partial charge in [0.2, 0.25) is 0 Å². The summed E-state index contributed by atoms with van der Waals surface area (Å²) in [6, 6.07) is -0.0515. The number of ether oxygens (including phenoxy) is 1. The number of hydrogen-bond donors (Lipinski definition) is 1. The van der Waals surface area contributed by atoms with E-state index in [9.17, 15) is 4.79 Å². The van der Waals surface area contributed by atoms with Crippen LogP contribution in [0.1, 0.15) is 27.2 Å². The Bertz CT molecular complexity index is 176. The van der Waals surface area contributed by atoms with Gasteiger partial charge in [0.25, 0.3) is 0 Å². The number of hydrogen-bond acceptors (Lipinski definition) is 3. The monoisotopic (exact) mass is 185 g/mol. The van der Waals surface area contributed by atoms with Gasteiger partial charge in [-0.2, -0.15) is 0 Å². The minimum absolute atomic E-state index is 0.0515. The number of esters is 1. The van der Waals surface area contributed by atoms with Gasteiger partial charge < -0.3 is 10.5 Å². The molecule has 3 nitrogen and oxygen atoms in total. The van der Waals surface area contributed by atoms with E-state index in [2.05, 4.69) is 13.8 Å². The first-order valence-corrected chi connectivity index (χ1v) is 4.66. The predicted octanol–water partition coefficient (Wildman–Crippen LogP) is 1.48. The number of nitrogens with two attached hydrogens (primary N) is 1. The lowest BCUT2D eigenvalue weighted by molar-refractivity contribution is -0.137. The van der Waals surface area contributed by atoms with E-state index in [4.69, 9.17) is 10.5 Å². The Morgan fingerprint density at radius 1 is 1.54 bits per heavy atom. The fourth-order valence-electron chi connectivity index (χ4n) is 1.02. The molecule has 0 saturated heterocycles. The third-order valence-electron chi connectivity index (χ3n) is 1.51. The van der Waals surface area contributed by atoms with Crippen molar-refractivity contribution in [3.63, 3.8) is 0 Å². The first-order chi connectivity index (χ1) is 6.06. The molecular weight excluding hydrogens is 166 g/mol. The van der Waals surface area contributed by atoms with Crippen LogP contribution in [0.2, 0.25) is 0 Å². The molecule has 0 unspecified atom stereocenters. The molecule has 2 N–H and O–H groups in total. The van der Waals surface area contributed by atoms with Crippen LogP contribution in [0.4, 0.5) is 0 Å². The molecule has 0 spiro atoms. The summed E-state index contributed by atoms with van der Waals surface area (Å²) in [7, 11) is 0. The molecule has 0 aromatic heterocycles. The van der Waals surface area contributed by atoms with Crippen molar-refractivity contribution in [2.75, 3.05) is 6.61 Å². The quantitative estimate of drug-likeness (QED) is 0.521. The third-order valence-corrected chi connectivity index (χ3v) is 1.51. The Kier molecular flexibility index (Phi) is 6.24. The first kappa shape index (κ1) is 12.2. The standard InChI is InChI=1S/C10H19NO2/c1-4-13-10(12)6-5-9(11)7-8(2)3/h5-6,8-9H,4,7,11H2,1-3H3/b6-5+/t9-/m1/s1. The highest BCUT2D eigenvalue weighted by molar-refractivity contribution is 5.81. The fraction of sp³-hybridized carbons (Fsp3) is 0.700. The van der Waals surface area contributed by atoms with Gasteiger partial charge in [-0.1, -0.05) is 19.9 Å². The zero-order chi connectivity index (χ0) is 10.3. The van der Waals surface area contributed by atoms with Gasteiger partial charge in [0, 0.05) is 12.1 Å². The van der Waals surface area contributed by atoms with Crippen LogP contribution in [-0.2, 0) is 9.53 Å². The van der Waals surface area contributed by atoms with Crippen molar-refractivity contribution in [1.82, 2.24) is 0 Å². The Labute approximate surface area is 79.9 Å². The van der Waals surface area contributed by atoms with Gasteiger partial charge in [-0.25, -0.2) is 4.79 Å². The summed E-state index contributed by atoms with van der Waals surface area (Å²) in [5, 5.41) is 0. The Hall–Kier alpha value is -0.830. The van der Waals surface area contributed by atoms with Gasteiger partial charge >= 0.3 is 5.97 Å². The van der Waals surface area contributed by atoms with E-state index in [0.717, 1.165) is 6.42 Å². The summed E-state index contributed by atoms with van der Waals surface area (Å²) in [4.78, 5) is 10.9. The van der Waals surface area contributed by atoms with E-state index >= 15 is 0 Å². The number of carbonyl (C=O) groups excluding carboxylic acids is 1. The van der Waals surface area contributed by atoms with Crippen LogP contribution in [0, 0.1) is 5.92 Å². The van der Waals surface area contributed by atoms with Crippen LogP contribution in [-0.4, -0.2) is 18.6 Å². The third kappa shape index (κ3) is 7.53. The molecule has 0 bridgehead atoms. The lowest BCUT2D eigenvalue weighted by Crippen LogP contribution is -2.19. The zero-order valence-corrected chi connectivity index (χ0v) is 8.62. The molecule has 76 valence electrons. The molecule has 0 aliphatic rings. The van der Waals surface area contributed by atoms with Crippen molar-refractivity contribution in [1.29, 1.82) is 0 Å². The SMILES string of the molecule is CCOC(=O)/C=C/[C@@H](N)CC(C)C. The molecule has 0 aliphatic heterocycles. The highest BCUT2D eigenvalue weighted by atomic mass is 16.5. The Morgan fingerprint density at radius 3 is 2.62 bits per heavy atom. The van der Waals surface area contributed by atoms with Crippen LogP contribution in [0.25, 0.3) is 0 Å². The average Bonchev–Trinajstić information content (AvgIpc) is 2.00. The second-order valence-corrected chi connectivity index (χ2v) is 3.40. The average molecular weight is 185 g/mol. The van der Waals surface area contributed by atoms with Gasteiger partial charge in [-0.05, 0) is 19.3 Å². The maximum Gasteiger partial charge on any atom is 0.330 e. The van der Waals surface area contributed by atoms with Crippen molar-refractivity contribution in [2.45, 2.75) is 33.2 Å². The molecule has 3 heteroatoms. The van der Waals surface area contributed by atoms with E-state index in [1.807, 2.05) is 0 Å². The molecule has 0 aromatic carbocycles. The first-order valence-electron chi connectivity index (χ1n) is 4.66. The highest BCUT2D eigenvalue weighted by Crippen LogP contribution is 2.03. The van der Waals surface area contributed by atoms with Crippen molar-refractivity contribution < 1.29 is 9.53 Å². The smallest absolute Gasteiger partial charge is 0.330 e. The van der Waals surface area contributed by atoms with E-state index in [1.54, 1.807) is 13.0 Å². The Balaban J connectivity index is 3.75. The van der Waals surface area contributed by atoms with Crippen LogP contribution in [0.3, 0.4) is 0 Å². The van der Waals surface area contributed by atoms with E-state index < -0.39 is 0 Å². The molecule has 0 aromatic rings. The molecule has 0 radical (unpaired) electrons. The lowest BCUT2D eigenvalue weighted by atomic mass is 10.0. The second-order valence-electron chi connectivity index (χ2n) is 3.40. The maximum atomic E-state index is 10.9. The van der Waals surface area contributed by atoms with Crippen molar-refractivity contribution >= 4 is 5.97 Å². The predicted molar refractivity (Wildman–Crippen MR) is 53.2 cm³/mol. The van der Waals surface area contributed by atoms with Gasteiger partial charge in [0.1, 0.15) is 0 Å². The molecule has 0 saturated carbocycles. The molecule has 0 heterocycles. The van der Waals surface area contributed by atoms with Crippen molar-refractivity contribution in [2.24, 2.45) is 11.7 Å².